The molecule has 0 radical (unpaired) electrons. The van der Waals surface area contributed by atoms with E-state index >= 15 is 0 Å². The molecule has 3 rings (SSSR count). The van der Waals surface area contributed by atoms with Crippen molar-refractivity contribution in [1.29, 1.82) is 0 Å². The van der Waals surface area contributed by atoms with Gasteiger partial charge in [-0.2, -0.15) is 0 Å². The van der Waals surface area contributed by atoms with Crippen molar-refractivity contribution in [2.75, 3.05) is 13.2 Å². The summed E-state index contributed by atoms with van der Waals surface area (Å²) in [7, 11) is 0. The second-order valence-electron chi connectivity index (χ2n) is 6.40. The summed E-state index contributed by atoms with van der Waals surface area (Å²) >= 11 is 0. The zero-order valence-electron chi connectivity index (χ0n) is 15.2. The molecule has 0 aromatic heterocycles. The number of benzene rings is 2. The number of carbonyl (C=O) groups is 1. The number of ether oxygens (including phenoxy) is 3. The average molecular weight is 355 g/mol. The number of carbonyl (C=O) groups excluding carboxylic acids is 1. The van der Waals surface area contributed by atoms with Crippen molar-refractivity contribution >= 4 is 5.91 Å². The van der Waals surface area contributed by atoms with Crippen LogP contribution < -0.4 is 19.5 Å². The molecule has 1 aliphatic rings. The van der Waals surface area contributed by atoms with Gasteiger partial charge in [0.15, 0.2) is 17.6 Å². The predicted octanol–water partition coefficient (Wildman–Crippen LogP) is 3.82. The molecule has 0 fully saturated rings. The lowest BCUT2D eigenvalue weighted by atomic mass is 10.1. The Bertz CT molecular complexity index is 729. The van der Waals surface area contributed by atoms with Crippen molar-refractivity contribution in [1.82, 2.24) is 5.32 Å². The molecule has 0 unspecified atom stereocenters. The lowest BCUT2D eigenvalue weighted by Gasteiger charge is -2.30. The van der Waals surface area contributed by atoms with E-state index in [2.05, 4.69) is 12.2 Å². The lowest BCUT2D eigenvalue weighted by Crippen LogP contribution is -2.48. The van der Waals surface area contributed by atoms with Crippen LogP contribution in [-0.4, -0.2) is 31.3 Å². The highest BCUT2D eigenvalue weighted by atomic mass is 16.6. The van der Waals surface area contributed by atoms with Crippen LogP contribution in [0.25, 0.3) is 0 Å². The summed E-state index contributed by atoms with van der Waals surface area (Å²) in [5, 5.41) is 2.98. The van der Waals surface area contributed by atoms with Gasteiger partial charge in [-0.15, -0.1) is 0 Å². The Hall–Kier alpha value is -2.69. The predicted molar refractivity (Wildman–Crippen MR) is 100 cm³/mol. The monoisotopic (exact) mass is 355 g/mol. The number of hydrogen-bond donors (Lipinski definition) is 1. The molecule has 5 heteroatoms. The Morgan fingerprint density at radius 1 is 1.19 bits per heavy atom. The average Bonchev–Trinajstić information content (AvgIpc) is 2.68. The third kappa shape index (κ3) is 4.48. The highest BCUT2D eigenvalue weighted by molar-refractivity contribution is 5.94. The maximum atomic E-state index is 12.5. The van der Waals surface area contributed by atoms with E-state index < -0.39 is 0 Å². The molecule has 0 bridgehead atoms. The Kier molecular flexibility index (Phi) is 6.00. The summed E-state index contributed by atoms with van der Waals surface area (Å²) in [6, 6.07) is 14.6. The second kappa shape index (κ2) is 8.61. The Balaban J connectivity index is 1.54. The zero-order valence-corrected chi connectivity index (χ0v) is 15.2. The van der Waals surface area contributed by atoms with Crippen molar-refractivity contribution in [3.05, 3.63) is 54.1 Å². The van der Waals surface area contributed by atoms with Gasteiger partial charge in [0.25, 0.3) is 5.91 Å². The Morgan fingerprint density at radius 3 is 2.65 bits per heavy atom. The molecule has 0 spiro atoms. The molecular weight excluding hydrogens is 330 g/mol. The molecule has 2 aromatic carbocycles. The smallest absolute Gasteiger partial charge is 0.251 e. The summed E-state index contributed by atoms with van der Waals surface area (Å²) in [6.07, 6.45) is 1.88. The standard InChI is InChI=1S/C21H25NO4/c1-3-4-13-24-17-11-9-16(10-12-17)21(23)22-15(2)20-14-25-18-7-5-6-8-19(18)26-20/h5-12,15,20H,3-4,13-14H2,1-2H3,(H,22,23)/t15-,20-/m0/s1. The van der Waals surface area contributed by atoms with Gasteiger partial charge in [-0.1, -0.05) is 25.5 Å². The number of hydrogen-bond acceptors (Lipinski definition) is 4. The fraction of sp³-hybridized carbons (Fsp3) is 0.381. The van der Waals surface area contributed by atoms with Gasteiger partial charge in [0.2, 0.25) is 0 Å². The number of para-hydroxylation sites is 2. The SMILES string of the molecule is CCCCOc1ccc(C(=O)N[C@@H](C)[C@@H]2COc3ccccc3O2)cc1. The Labute approximate surface area is 154 Å². The number of rotatable bonds is 7. The molecule has 1 amide bonds. The van der Waals surface area contributed by atoms with Crippen LogP contribution in [0.15, 0.2) is 48.5 Å². The number of fused-ring (bicyclic) bond motifs is 1. The maximum Gasteiger partial charge on any atom is 0.251 e. The van der Waals surface area contributed by atoms with Gasteiger partial charge in [0, 0.05) is 5.56 Å². The van der Waals surface area contributed by atoms with Gasteiger partial charge in [-0.05, 0) is 49.7 Å². The highest BCUT2D eigenvalue weighted by Crippen LogP contribution is 2.31. The van der Waals surface area contributed by atoms with Crippen LogP contribution in [-0.2, 0) is 0 Å². The van der Waals surface area contributed by atoms with Crippen molar-refractivity contribution in [3.8, 4) is 17.2 Å². The topological polar surface area (TPSA) is 56.8 Å². The molecule has 2 atom stereocenters. The molecule has 0 saturated heterocycles. The normalized spacial score (nSPS) is 16.6. The van der Waals surface area contributed by atoms with Crippen LogP contribution in [0.2, 0.25) is 0 Å². The van der Waals surface area contributed by atoms with E-state index in [1.807, 2.05) is 43.3 Å². The van der Waals surface area contributed by atoms with E-state index in [9.17, 15) is 4.79 Å². The molecule has 5 nitrogen and oxygen atoms in total. The zero-order chi connectivity index (χ0) is 18.4. The van der Waals surface area contributed by atoms with Crippen molar-refractivity contribution in [3.63, 3.8) is 0 Å². The molecule has 0 aliphatic carbocycles. The first-order chi connectivity index (χ1) is 12.7. The van der Waals surface area contributed by atoms with Gasteiger partial charge in [0.1, 0.15) is 12.4 Å². The molecule has 2 aromatic rings. The summed E-state index contributed by atoms with van der Waals surface area (Å²) in [6.45, 7) is 5.14. The second-order valence-corrected chi connectivity index (χ2v) is 6.40. The van der Waals surface area contributed by atoms with E-state index in [4.69, 9.17) is 14.2 Å². The van der Waals surface area contributed by atoms with E-state index in [0.29, 0.717) is 24.5 Å². The fourth-order valence-corrected chi connectivity index (χ4v) is 2.70. The molecule has 1 aliphatic heterocycles. The molecular formula is C21H25NO4. The van der Waals surface area contributed by atoms with Crippen LogP contribution in [0.5, 0.6) is 17.2 Å². The first-order valence-electron chi connectivity index (χ1n) is 9.09. The van der Waals surface area contributed by atoms with Crippen LogP contribution in [0.3, 0.4) is 0 Å². The number of nitrogens with one attached hydrogen (secondary N) is 1. The van der Waals surface area contributed by atoms with Crippen molar-refractivity contribution < 1.29 is 19.0 Å². The molecule has 26 heavy (non-hydrogen) atoms. The molecule has 1 N–H and O–H groups in total. The van der Waals surface area contributed by atoms with E-state index in [0.717, 1.165) is 24.3 Å². The third-order valence-electron chi connectivity index (χ3n) is 4.33. The minimum Gasteiger partial charge on any atom is -0.494 e. The van der Waals surface area contributed by atoms with Gasteiger partial charge in [-0.25, -0.2) is 0 Å². The summed E-state index contributed by atoms with van der Waals surface area (Å²) in [5.41, 5.74) is 0.594. The van der Waals surface area contributed by atoms with Crippen LogP contribution in [0.1, 0.15) is 37.0 Å². The van der Waals surface area contributed by atoms with Gasteiger partial charge < -0.3 is 19.5 Å². The largest absolute Gasteiger partial charge is 0.494 e. The lowest BCUT2D eigenvalue weighted by molar-refractivity contribution is 0.0606. The van der Waals surface area contributed by atoms with Crippen LogP contribution in [0, 0.1) is 0 Å². The summed E-state index contributed by atoms with van der Waals surface area (Å²) in [5.74, 6) is 2.09. The first-order valence-corrected chi connectivity index (χ1v) is 9.09. The fourth-order valence-electron chi connectivity index (χ4n) is 2.70. The minimum atomic E-state index is -0.231. The number of unbranched alkanes of at least 4 members (excludes halogenated alkanes) is 1. The van der Waals surface area contributed by atoms with E-state index in [1.54, 1.807) is 12.1 Å². The third-order valence-corrected chi connectivity index (χ3v) is 4.33. The van der Waals surface area contributed by atoms with Gasteiger partial charge >= 0.3 is 0 Å². The van der Waals surface area contributed by atoms with Gasteiger partial charge in [-0.3, -0.25) is 4.79 Å². The van der Waals surface area contributed by atoms with Gasteiger partial charge in [0.05, 0.1) is 12.6 Å². The molecule has 138 valence electrons. The molecule has 0 saturated carbocycles. The minimum absolute atomic E-state index is 0.139. The summed E-state index contributed by atoms with van der Waals surface area (Å²) in [4.78, 5) is 12.5. The highest BCUT2D eigenvalue weighted by Gasteiger charge is 2.27. The van der Waals surface area contributed by atoms with E-state index in [-0.39, 0.29) is 18.1 Å². The van der Waals surface area contributed by atoms with E-state index in [1.165, 1.54) is 0 Å². The first kappa shape index (κ1) is 18.1. The van der Waals surface area contributed by atoms with Crippen molar-refractivity contribution in [2.24, 2.45) is 0 Å². The Morgan fingerprint density at radius 2 is 1.92 bits per heavy atom. The van der Waals surface area contributed by atoms with Crippen LogP contribution in [0.4, 0.5) is 0 Å². The molecule has 1 heterocycles. The van der Waals surface area contributed by atoms with Crippen molar-refractivity contribution in [2.45, 2.75) is 38.8 Å². The summed E-state index contributed by atoms with van der Waals surface area (Å²) < 4.78 is 17.3. The quantitative estimate of drug-likeness (QED) is 0.767. The number of amides is 1. The van der Waals surface area contributed by atoms with Crippen LogP contribution >= 0.6 is 0 Å². The maximum absolute atomic E-state index is 12.5.